The number of benzene rings is 1. The molecule has 3 N–H and O–H groups in total. The Labute approximate surface area is 128 Å². The van der Waals surface area contributed by atoms with Gasteiger partial charge in [-0.3, -0.25) is 4.72 Å². The van der Waals surface area contributed by atoms with Gasteiger partial charge < -0.3 is 5.73 Å². The molecule has 2 aromatic rings. The van der Waals surface area contributed by atoms with Gasteiger partial charge in [0, 0.05) is 0 Å². The lowest BCUT2D eigenvalue weighted by molar-refractivity contribution is 0.593. The molecule has 9 heteroatoms. The Balaban J connectivity index is 2.49. The van der Waals surface area contributed by atoms with E-state index in [2.05, 4.69) is 25.6 Å². The highest BCUT2D eigenvalue weighted by atomic mass is 79.9. The third-order valence-electron chi connectivity index (χ3n) is 2.47. The van der Waals surface area contributed by atoms with Gasteiger partial charge in [-0.2, -0.15) is 5.26 Å². The van der Waals surface area contributed by atoms with E-state index in [0.717, 1.165) is 12.1 Å². The number of aromatic nitrogens is 1. The van der Waals surface area contributed by atoms with E-state index in [1.807, 2.05) is 0 Å². The second-order valence-corrected chi connectivity index (χ2v) is 6.43. The molecule has 0 atom stereocenters. The molecule has 108 valence electrons. The van der Waals surface area contributed by atoms with Crippen LogP contribution < -0.4 is 10.5 Å². The Kier molecular flexibility index (Phi) is 4.11. The topological polar surface area (TPSA) is 109 Å². The van der Waals surface area contributed by atoms with Crippen molar-refractivity contribution in [1.82, 2.24) is 4.98 Å². The summed E-state index contributed by atoms with van der Waals surface area (Å²) in [5.41, 5.74) is 5.29. The van der Waals surface area contributed by atoms with Gasteiger partial charge in [0.1, 0.15) is 22.3 Å². The van der Waals surface area contributed by atoms with Crippen LogP contribution in [0.4, 0.5) is 15.9 Å². The van der Waals surface area contributed by atoms with Crippen LogP contribution in [0, 0.1) is 17.1 Å². The van der Waals surface area contributed by atoms with E-state index in [0.29, 0.717) is 10.2 Å². The molecule has 6 nitrogen and oxygen atoms in total. The highest BCUT2D eigenvalue weighted by Gasteiger charge is 2.22. The summed E-state index contributed by atoms with van der Waals surface area (Å²) in [7, 11) is -4.16. The standard InChI is InChI=1S/C12H8BrFN4O2S/c13-9-4-7(16)6-17-12(9)18-21(19,20)11-3-1-2-10(14)8(11)5-15/h1-4,6H,16H2,(H,17,18). The first kappa shape index (κ1) is 15.2. The van der Waals surface area contributed by atoms with Crippen molar-refractivity contribution < 1.29 is 12.8 Å². The molecule has 0 unspecified atom stereocenters. The summed E-state index contributed by atoms with van der Waals surface area (Å²) >= 11 is 3.11. The number of anilines is 2. The van der Waals surface area contributed by atoms with E-state index in [-0.39, 0.29) is 5.82 Å². The summed E-state index contributed by atoms with van der Waals surface area (Å²) < 4.78 is 40.5. The summed E-state index contributed by atoms with van der Waals surface area (Å²) in [5, 5.41) is 8.90. The summed E-state index contributed by atoms with van der Waals surface area (Å²) in [6.07, 6.45) is 1.26. The van der Waals surface area contributed by atoms with Crippen LogP contribution in [-0.2, 0) is 10.0 Å². The minimum Gasteiger partial charge on any atom is -0.397 e. The first-order chi connectivity index (χ1) is 9.85. The first-order valence-corrected chi connectivity index (χ1v) is 7.75. The smallest absolute Gasteiger partial charge is 0.264 e. The summed E-state index contributed by atoms with van der Waals surface area (Å²) in [6, 6.07) is 6.34. The number of nitrogens with two attached hydrogens (primary N) is 1. The number of hydrogen-bond acceptors (Lipinski definition) is 5. The van der Waals surface area contributed by atoms with Crippen molar-refractivity contribution in [2.24, 2.45) is 0 Å². The maximum atomic E-state index is 13.5. The zero-order valence-electron chi connectivity index (χ0n) is 10.3. The van der Waals surface area contributed by atoms with Gasteiger partial charge in [0.2, 0.25) is 0 Å². The average Bonchev–Trinajstić information content (AvgIpc) is 2.41. The molecule has 0 spiro atoms. The fraction of sp³-hybridized carbons (Fsp3) is 0. The quantitative estimate of drug-likeness (QED) is 0.860. The third kappa shape index (κ3) is 3.12. The predicted octanol–water partition coefficient (Wildman–Crippen LogP) is 2.24. The fourth-order valence-corrected chi connectivity index (χ4v) is 3.34. The summed E-state index contributed by atoms with van der Waals surface area (Å²) in [4.78, 5) is 3.37. The molecule has 0 aliphatic carbocycles. The zero-order valence-corrected chi connectivity index (χ0v) is 12.7. The first-order valence-electron chi connectivity index (χ1n) is 5.47. The Morgan fingerprint density at radius 3 is 2.76 bits per heavy atom. The van der Waals surface area contributed by atoms with E-state index >= 15 is 0 Å². The number of nitrogens with zero attached hydrogens (tertiary/aromatic N) is 2. The lowest BCUT2D eigenvalue weighted by atomic mass is 10.2. The molecule has 21 heavy (non-hydrogen) atoms. The monoisotopic (exact) mass is 370 g/mol. The molecule has 0 saturated carbocycles. The third-order valence-corrected chi connectivity index (χ3v) is 4.46. The van der Waals surface area contributed by atoms with Gasteiger partial charge in [0.25, 0.3) is 10.0 Å². The molecule has 0 amide bonds. The Morgan fingerprint density at radius 2 is 2.14 bits per heavy atom. The fourth-order valence-electron chi connectivity index (χ4n) is 1.55. The molecule has 0 aliphatic rings. The number of nitrogens with one attached hydrogen (secondary N) is 1. The number of sulfonamides is 1. The minimum absolute atomic E-state index is 0.0163. The van der Waals surface area contributed by atoms with Crippen molar-refractivity contribution in [3.05, 3.63) is 46.3 Å². The van der Waals surface area contributed by atoms with Crippen LogP contribution in [0.2, 0.25) is 0 Å². The highest BCUT2D eigenvalue weighted by Crippen LogP contribution is 2.26. The largest absolute Gasteiger partial charge is 0.397 e. The maximum Gasteiger partial charge on any atom is 0.264 e. The molecule has 0 saturated heterocycles. The average molecular weight is 371 g/mol. The van der Waals surface area contributed by atoms with E-state index < -0.39 is 26.3 Å². The van der Waals surface area contributed by atoms with Crippen LogP contribution in [-0.4, -0.2) is 13.4 Å². The lowest BCUT2D eigenvalue weighted by Crippen LogP contribution is -2.16. The zero-order chi connectivity index (χ0) is 15.6. The Hall–Kier alpha value is -2.18. The number of hydrogen-bond donors (Lipinski definition) is 2. The van der Waals surface area contributed by atoms with Crippen LogP contribution in [0.5, 0.6) is 0 Å². The number of halogens is 2. The molecule has 0 aliphatic heterocycles. The Bertz CT molecular complexity index is 849. The van der Waals surface area contributed by atoms with Crippen LogP contribution in [0.1, 0.15) is 5.56 Å². The summed E-state index contributed by atoms with van der Waals surface area (Å²) in [5.74, 6) is -0.929. The minimum atomic E-state index is -4.16. The molecule has 0 radical (unpaired) electrons. The van der Waals surface area contributed by atoms with E-state index in [4.69, 9.17) is 11.0 Å². The van der Waals surface area contributed by atoms with Crippen LogP contribution in [0.15, 0.2) is 39.8 Å². The molecule has 1 aromatic carbocycles. The summed E-state index contributed by atoms with van der Waals surface area (Å²) in [6.45, 7) is 0. The number of nitrogen functional groups attached to an aromatic ring is 1. The van der Waals surface area contributed by atoms with E-state index in [1.54, 1.807) is 0 Å². The molecule has 0 fully saturated rings. The van der Waals surface area contributed by atoms with Crippen LogP contribution in [0.3, 0.4) is 0 Å². The molecule has 2 rings (SSSR count). The highest BCUT2D eigenvalue weighted by molar-refractivity contribution is 9.10. The second kappa shape index (κ2) is 5.67. The van der Waals surface area contributed by atoms with Crippen LogP contribution in [0.25, 0.3) is 0 Å². The van der Waals surface area contributed by atoms with Crippen molar-refractivity contribution in [2.75, 3.05) is 10.5 Å². The van der Waals surface area contributed by atoms with Crippen molar-refractivity contribution in [3.8, 4) is 6.07 Å². The SMILES string of the molecule is N#Cc1c(F)cccc1S(=O)(=O)Nc1ncc(N)cc1Br. The van der Waals surface area contributed by atoms with Crippen molar-refractivity contribution in [2.45, 2.75) is 4.90 Å². The number of pyridine rings is 1. The van der Waals surface area contributed by atoms with Gasteiger partial charge in [0.15, 0.2) is 5.82 Å². The normalized spacial score (nSPS) is 10.9. The second-order valence-electron chi connectivity index (χ2n) is 3.93. The van der Waals surface area contributed by atoms with Gasteiger partial charge in [-0.05, 0) is 34.1 Å². The molecule has 0 bridgehead atoms. The number of rotatable bonds is 3. The predicted molar refractivity (Wildman–Crippen MR) is 78.3 cm³/mol. The number of nitriles is 1. The van der Waals surface area contributed by atoms with Gasteiger partial charge in [-0.25, -0.2) is 17.8 Å². The van der Waals surface area contributed by atoms with Gasteiger partial charge in [0.05, 0.1) is 16.4 Å². The van der Waals surface area contributed by atoms with Crippen molar-refractivity contribution in [3.63, 3.8) is 0 Å². The van der Waals surface area contributed by atoms with E-state index in [9.17, 15) is 12.8 Å². The lowest BCUT2D eigenvalue weighted by Gasteiger charge is -2.10. The molecule has 1 aromatic heterocycles. The maximum absolute atomic E-state index is 13.5. The van der Waals surface area contributed by atoms with Gasteiger partial charge >= 0.3 is 0 Å². The molecular formula is C12H8BrFN4O2S. The molecule has 1 heterocycles. The van der Waals surface area contributed by atoms with Crippen LogP contribution >= 0.6 is 15.9 Å². The Morgan fingerprint density at radius 1 is 1.43 bits per heavy atom. The van der Waals surface area contributed by atoms with Crippen molar-refractivity contribution >= 4 is 37.5 Å². The van der Waals surface area contributed by atoms with Gasteiger partial charge in [-0.15, -0.1) is 0 Å². The van der Waals surface area contributed by atoms with Crippen molar-refractivity contribution in [1.29, 1.82) is 5.26 Å². The molecular weight excluding hydrogens is 363 g/mol. The van der Waals surface area contributed by atoms with E-state index in [1.165, 1.54) is 24.4 Å². The van der Waals surface area contributed by atoms with Gasteiger partial charge in [-0.1, -0.05) is 6.07 Å².